The first-order valence-electron chi connectivity index (χ1n) is 12.9. The average molecular weight is 659 g/mol. The van der Waals surface area contributed by atoms with Crippen molar-refractivity contribution < 1.29 is 18.0 Å². The van der Waals surface area contributed by atoms with Crippen molar-refractivity contribution in [2.24, 2.45) is 0 Å². The molecule has 0 bridgehead atoms. The van der Waals surface area contributed by atoms with Crippen LogP contribution < -0.4 is 9.62 Å². The minimum absolute atomic E-state index is 0.0000190. The van der Waals surface area contributed by atoms with Crippen molar-refractivity contribution in [1.82, 2.24) is 10.2 Å². The molecule has 41 heavy (non-hydrogen) atoms. The topological polar surface area (TPSA) is 86.8 Å². The van der Waals surface area contributed by atoms with Gasteiger partial charge in [0.15, 0.2) is 0 Å². The molecule has 0 saturated carbocycles. The summed E-state index contributed by atoms with van der Waals surface area (Å²) in [5, 5.41) is 3.66. The minimum atomic E-state index is -4.02. The number of unbranched alkanes of at least 4 members (excludes halogenated alkanes) is 1. The van der Waals surface area contributed by atoms with Gasteiger partial charge in [-0.3, -0.25) is 13.9 Å². The van der Waals surface area contributed by atoms with Crippen LogP contribution in [0.1, 0.15) is 30.9 Å². The summed E-state index contributed by atoms with van der Waals surface area (Å²) in [6.07, 6.45) is 2.82. The molecule has 0 radical (unpaired) electrons. The normalized spacial score (nSPS) is 12.0. The Morgan fingerprint density at radius 3 is 2.12 bits per heavy atom. The number of carbonyl (C=O) groups is 2. The van der Waals surface area contributed by atoms with Gasteiger partial charge in [0, 0.05) is 24.5 Å². The second kappa shape index (κ2) is 15.1. The molecule has 0 saturated heterocycles. The van der Waals surface area contributed by atoms with Crippen LogP contribution in [0.3, 0.4) is 0 Å². The van der Waals surface area contributed by atoms with Gasteiger partial charge < -0.3 is 10.2 Å². The Balaban J connectivity index is 2.07. The molecule has 0 heterocycles. The van der Waals surface area contributed by atoms with Gasteiger partial charge in [-0.05, 0) is 41.8 Å². The van der Waals surface area contributed by atoms with Gasteiger partial charge in [-0.1, -0.05) is 102 Å². The maximum Gasteiger partial charge on any atom is 0.244 e. The molecule has 12 heteroatoms. The predicted molar refractivity (Wildman–Crippen MR) is 168 cm³/mol. The van der Waals surface area contributed by atoms with E-state index < -0.39 is 28.5 Å². The van der Waals surface area contributed by atoms with Crippen LogP contribution in [-0.2, 0) is 32.6 Å². The number of hydrogen-bond acceptors (Lipinski definition) is 4. The van der Waals surface area contributed by atoms with Crippen molar-refractivity contribution in [3.8, 4) is 0 Å². The fourth-order valence-electron chi connectivity index (χ4n) is 4.14. The van der Waals surface area contributed by atoms with Crippen molar-refractivity contribution in [1.29, 1.82) is 0 Å². The van der Waals surface area contributed by atoms with Gasteiger partial charge in [-0.15, -0.1) is 0 Å². The first-order valence-corrected chi connectivity index (χ1v) is 16.2. The molecule has 3 aromatic carbocycles. The molecule has 2 amide bonds. The lowest BCUT2D eigenvalue weighted by Crippen LogP contribution is -2.53. The Kier molecular flexibility index (Phi) is 12.2. The van der Waals surface area contributed by atoms with Crippen LogP contribution in [0.5, 0.6) is 0 Å². The number of sulfonamides is 1. The van der Waals surface area contributed by atoms with Gasteiger partial charge in [0.2, 0.25) is 21.8 Å². The van der Waals surface area contributed by atoms with Crippen molar-refractivity contribution in [3.63, 3.8) is 0 Å². The molecule has 3 rings (SSSR count). The van der Waals surface area contributed by atoms with E-state index in [0.717, 1.165) is 29.0 Å². The standard InChI is InChI=1S/C29H31Cl4N3O4S/c1-3-4-14-34-29(38)27(15-20-8-6-5-7-9-20)35(18-21-10-12-22(30)13-11-21)28(37)19-36(41(2,39)40)26-17-24(32)23(31)16-25(26)33/h5-13,16-17,27H,3-4,14-15,18-19H2,1-2H3,(H,34,38)/t27-/m0/s1. The summed E-state index contributed by atoms with van der Waals surface area (Å²) in [6.45, 7) is 1.86. The van der Waals surface area contributed by atoms with Crippen LogP contribution in [0.2, 0.25) is 20.1 Å². The fraction of sp³-hybridized carbons (Fsp3) is 0.310. The number of anilines is 1. The smallest absolute Gasteiger partial charge is 0.244 e. The van der Waals surface area contributed by atoms with E-state index >= 15 is 0 Å². The highest BCUT2D eigenvalue weighted by molar-refractivity contribution is 7.92. The zero-order valence-corrected chi connectivity index (χ0v) is 26.5. The van der Waals surface area contributed by atoms with Gasteiger partial charge in [0.1, 0.15) is 12.6 Å². The lowest BCUT2D eigenvalue weighted by molar-refractivity contribution is -0.140. The average Bonchev–Trinajstić information content (AvgIpc) is 2.92. The third-order valence-electron chi connectivity index (χ3n) is 6.30. The minimum Gasteiger partial charge on any atom is -0.354 e. The third-order valence-corrected chi connectivity index (χ3v) is 8.71. The highest BCUT2D eigenvalue weighted by Gasteiger charge is 2.33. The quantitative estimate of drug-likeness (QED) is 0.165. The maximum atomic E-state index is 14.1. The number of nitrogens with zero attached hydrogens (tertiary/aromatic N) is 2. The first kappa shape index (κ1) is 33.0. The first-order chi connectivity index (χ1) is 19.4. The third kappa shape index (κ3) is 9.51. The Morgan fingerprint density at radius 1 is 0.878 bits per heavy atom. The van der Waals surface area contributed by atoms with E-state index in [0.29, 0.717) is 17.1 Å². The summed E-state index contributed by atoms with van der Waals surface area (Å²) < 4.78 is 26.7. The number of benzene rings is 3. The van der Waals surface area contributed by atoms with Crippen LogP contribution in [0.4, 0.5) is 5.69 Å². The molecule has 0 aliphatic carbocycles. The molecule has 3 aromatic rings. The van der Waals surface area contributed by atoms with E-state index in [2.05, 4.69) is 5.32 Å². The molecule has 7 nitrogen and oxygen atoms in total. The lowest BCUT2D eigenvalue weighted by Gasteiger charge is -2.33. The summed E-state index contributed by atoms with van der Waals surface area (Å²) in [5.74, 6) is -0.956. The largest absolute Gasteiger partial charge is 0.354 e. The van der Waals surface area contributed by atoms with Gasteiger partial charge in [-0.2, -0.15) is 0 Å². The molecular formula is C29H31Cl4N3O4S. The summed E-state index contributed by atoms with van der Waals surface area (Å²) in [5.41, 5.74) is 1.54. The molecule has 1 N–H and O–H groups in total. The predicted octanol–water partition coefficient (Wildman–Crippen LogP) is 6.62. The van der Waals surface area contributed by atoms with Crippen LogP contribution in [0.25, 0.3) is 0 Å². The molecular weight excluding hydrogens is 628 g/mol. The van der Waals surface area contributed by atoms with Crippen molar-refractivity contribution >= 4 is 73.9 Å². The number of halogens is 4. The van der Waals surface area contributed by atoms with Crippen molar-refractivity contribution in [3.05, 3.63) is 97.9 Å². The van der Waals surface area contributed by atoms with E-state index in [-0.39, 0.29) is 39.6 Å². The SMILES string of the molecule is CCCCNC(=O)[C@H](Cc1ccccc1)N(Cc1ccc(Cl)cc1)C(=O)CN(c1cc(Cl)c(Cl)cc1Cl)S(C)(=O)=O. The van der Waals surface area contributed by atoms with E-state index in [1.54, 1.807) is 24.3 Å². The van der Waals surface area contributed by atoms with E-state index in [9.17, 15) is 18.0 Å². The van der Waals surface area contributed by atoms with Crippen LogP contribution in [0.15, 0.2) is 66.7 Å². The molecule has 0 aliphatic heterocycles. The van der Waals surface area contributed by atoms with E-state index in [1.165, 1.54) is 17.0 Å². The molecule has 0 unspecified atom stereocenters. The monoisotopic (exact) mass is 657 g/mol. The molecule has 1 atom stereocenters. The van der Waals surface area contributed by atoms with E-state index in [1.807, 2.05) is 37.3 Å². The molecule has 220 valence electrons. The summed E-state index contributed by atoms with van der Waals surface area (Å²) in [6, 6.07) is 17.8. The lowest BCUT2D eigenvalue weighted by atomic mass is 10.0. The fourth-order valence-corrected chi connectivity index (χ4v) is 5.82. The number of nitrogens with one attached hydrogen (secondary N) is 1. The molecule has 0 spiro atoms. The highest BCUT2D eigenvalue weighted by atomic mass is 35.5. The number of rotatable bonds is 13. The molecule has 0 aliphatic rings. The second-order valence-electron chi connectivity index (χ2n) is 9.49. The molecule has 0 fully saturated rings. The van der Waals surface area contributed by atoms with Crippen molar-refractivity contribution in [2.75, 3.05) is 23.7 Å². The highest BCUT2D eigenvalue weighted by Crippen LogP contribution is 2.35. The number of amides is 2. The summed E-state index contributed by atoms with van der Waals surface area (Å²) >= 11 is 24.7. The van der Waals surface area contributed by atoms with Crippen molar-refractivity contribution in [2.45, 2.75) is 38.8 Å². The van der Waals surface area contributed by atoms with E-state index in [4.69, 9.17) is 46.4 Å². The Hall–Kier alpha value is -2.49. The van der Waals surface area contributed by atoms with Gasteiger partial charge >= 0.3 is 0 Å². The maximum absolute atomic E-state index is 14.1. The van der Waals surface area contributed by atoms with Crippen LogP contribution in [-0.4, -0.2) is 50.5 Å². The van der Waals surface area contributed by atoms with Crippen LogP contribution in [0, 0.1) is 0 Å². The van der Waals surface area contributed by atoms with Gasteiger partial charge in [0.25, 0.3) is 0 Å². The molecule has 0 aromatic heterocycles. The zero-order valence-electron chi connectivity index (χ0n) is 22.6. The van der Waals surface area contributed by atoms with Gasteiger partial charge in [0.05, 0.1) is 27.0 Å². The second-order valence-corrected chi connectivity index (χ2v) is 13.1. The summed E-state index contributed by atoms with van der Waals surface area (Å²) in [4.78, 5) is 29.1. The Bertz CT molecular complexity index is 1450. The Labute approximate surface area is 261 Å². The Morgan fingerprint density at radius 2 is 1.51 bits per heavy atom. The van der Waals surface area contributed by atoms with Gasteiger partial charge in [-0.25, -0.2) is 8.42 Å². The number of carbonyl (C=O) groups excluding carboxylic acids is 2. The number of hydrogen-bond donors (Lipinski definition) is 1. The zero-order chi connectivity index (χ0) is 30.2. The van der Waals surface area contributed by atoms with Crippen LogP contribution >= 0.6 is 46.4 Å². The summed E-state index contributed by atoms with van der Waals surface area (Å²) in [7, 11) is -4.02.